The van der Waals surface area contributed by atoms with Gasteiger partial charge < -0.3 is 14.6 Å². The minimum Gasteiger partial charge on any atom is -0.462 e. The second kappa shape index (κ2) is 56.4. The van der Waals surface area contributed by atoms with Crippen molar-refractivity contribution in [2.24, 2.45) is 0 Å². The highest BCUT2D eigenvalue weighted by Gasteiger charge is 2.16. The molecule has 0 saturated heterocycles. The average molecular weight is 920 g/mol. The second-order valence-corrected chi connectivity index (χ2v) is 18.6. The van der Waals surface area contributed by atoms with E-state index in [0.717, 1.165) is 77.0 Å². The fourth-order valence-corrected chi connectivity index (χ4v) is 7.97. The molecule has 0 aliphatic heterocycles. The van der Waals surface area contributed by atoms with E-state index >= 15 is 0 Å². The van der Waals surface area contributed by atoms with Crippen LogP contribution in [0.2, 0.25) is 0 Å². The molecule has 0 rings (SSSR count). The number of hydrogen-bond acceptors (Lipinski definition) is 5. The molecule has 0 bridgehead atoms. The van der Waals surface area contributed by atoms with Gasteiger partial charge in [0.2, 0.25) is 0 Å². The lowest BCUT2D eigenvalue weighted by Gasteiger charge is -2.15. The van der Waals surface area contributed by atoms with Crippen LogP contribution in [-0.2, 0) is 19.1 Å². The zero-order chi connectivity index (χ0) is 47.7. The van der Waals surface area contributed by atoms with Gasteiger partial charge in [-0.3, -0.25) is 9.59 Å². The third-order valence-corrected chi connectivity index (χ3v) is 12.2. The van der Waals surface area contributed by atoms with E-state index in [9.17, 15) is 14.7 Å². The summed E-state index contributed by atoms with van der Waals surface area (Å²) in [7, 11) is 0. The zero-order valence-electron chi connectivity index (χ0n) is 43.4. The van der Waals surface area contributed by atoms with Crippen LogP contribution in [0.5, 0.6) is 0 Å². The van der Waals surface area contributed by atoms with Gasteiger partial charge in [-0.15, -0.1) is 0 Å². The zero-order valence-corrected chi connectivity index (χ0v) is 43.4. The first-order valence-electron chi connectivity index (χ1n) is 28.1. The quantitative estimate of drug-likeness (QED) is 0.0374. The number of aliphatic hydroxyl groups excluding tert-OH is 1. The smallest absolute Gasteiger partial charge is 0.306 e. The molecule has 0 amide bonds. The van der Waals surface area contributed by atoms with Crippen LogP contribution in [0.1, 0.15) is 271 Å². The van der Waals surface area contributed by atoms with Gasteiger partial charge in [0.1, 0.15) is 6.61 Å². The van der Waals surface area contributed by atoms with E-state index < -0.39 is 6.10 Å². The molecule has 0 aromatic rings. The minimum atomic E-state index is -0.779. The van der Waals surface area contributed by atoms with Gasteiger partial charge >= 0.3 is 11.9 Å². The first-order valence-corrected chi connectivity index (χ1v) is 28.1. The molecule has 0 aliphatic rings. The number of hydrogen-bond donors (Lipinski definition) is 1. The number of unbranched alkanes of at least 4 members (excludes halogenated alkanes) is 29. The lowest BCUT2D eigenvalue weighted by atomic mass is 10.0. The maximum absolute atomic E-state index is 12.3. The average Bonchev–Trinajstić information content (AvgIpc) is 3.32. The summed E-state index contributed by atoms with van der Waals surface area (Å²) < 4.78 is 10.7. The highest BCUT2D eigenvalue weighted by Crippen LogP contribution is 2.16. The lowest BCUT2D eigenvalue weighted by Crippen LogP contribution is -2.28. The SMILES string of the molecule is CC/C=C\C/C=C\C/C=C\C/C=C\C/C=C\C/C=C\CCCCCCCCCCCCC(=O)OC(CO)COC(=O)CCCCCCCCCCCCC/C=C\CCCCCCCCCC. The van der Waals surface area contributed by atoms with Crippen LogP contribution in [0, 0.1) is 0 Å². The monoisotopic (exact) mass is 919 g/mol. The molecule has 0 aromatic carbocycles. The van der Waals surface area contributed by atoms with Crippen LogP contribution >= 0.6 is 0 Å². The first-order chi connectivity index (χ1) is 32.6. The molecule has 0 aromatic heterocycles. The number of aliphatic hydroxyl groups is 1. The molecule has 0 aliphatic carbocycles. The van der Waals surface area contributed by atoms with Gasteiger partial charge in [0.15, 0.2) is 6.10 Å². The standard InChI is InChI=1S/C61H106O5/c1-3-5-7-9-11-13-15-17-19-21-23-25-27-28-29-30-31-32-34-36-38-40-42-44-46-48-50-52-54-56-61(64)66-59(57-62)58-65-60(63)55-53-51-49-47-45-43-41-39-37-35-33-26-24-22-20-18-16-14-12-10-8-6-4-2/h5,7,11,13,17,19,22-25,28-29,31-32,59,62H,3-4,6,8-10,12,14-16,18,20-21,26-27,30,33-58H2,1-2H3/b7-5-,13-11-,19-17-,24-22-,25-23-,29-28-,32-31-. The maximum atomic E-state index is 12.3. The van der Waals surface area contributed by atoms with Gasteiger partial charge in [-0.25, -0.2) is 0 Å². The van der Waals surface area contributed by atoms with Crippen molar-refractivity contribution in [2.75, 3.05) is 13.2 Å². The molecule has 1 unspecified atom stereocenters. The summed E-state index contributed by atoms with van der Waals surface area (Å²) in [5.74, 6) is -0.592. The number of carbonyl (C=O) groups excluding carboxylic acids is 2. The third-order valence-electron chi connectivity index (χ3n) is 12.2. The molecular formula is C61H106O5. The summed E-state index contributed by atoms with van der Waals surface area (Å²) >= 11 is 0. The summed E-state index contributed by atoms with van der Waals surface area (Å²) in [6.45, 7) is 4.04. The number of rotatable bonds is 51. The molecule has 66 heavy (non-hydrogen) atoms. The molecule has 380 valence electrons. The Morgan fingerprint density at radius 2 is 0.652 bits per heavy atom. The molecule has 5 heteroatoms. The molecular weight excluding hydrogens is 813 g/mol. The fraction of sp³-hybridized carbons (Fsp3) is 0.738. The maximum Gasteiger partial charge on any atom is 0.306 e. The van der Waals surface area contributed by atoms with Crippen molar-refractivity contribution in [3.05, 3.63) is 85.1 Å². The van der Waals surface area contributed by atoms with E-state index in [-0.39, 0.29) is 25.2 Å². The topological polar surface area (TPSA) is 72.8 Å². The van der Waals surface area contributed by atoms with E-state index in [2.05, 4.69) is 98.9 Å². The van der Waals surface area contributed by atoms with Gasteiger partial charge in [0, 0.05) is 12.8 Å². The summed E-state index contributed by atoms with van der Waals surface area (Å²) in [6, 6.07) is 0. The number of allylic oxidation sites excluding steroid dienone is 14. The molecule has 0 fully saturated rings. The summed E-state index contributed by atoms with van der Waals surface area (Å²) in [4.78, 5) is 24.5. The minimum absolute atomic E-state index is 0.0698. The van der Waals surface area contributed by atoms with E-state index in [0.29, 0.717) is 12.8 Å². The Balaban J connectivity index is 3.52. The van der Waals surface area contributed by atoms with Crippen molar-refractivity contribution in [1.82, 2.24) is 0 Å². The number of carbonyl (C=O) groups is 2. The van der Waals surface area contributed by atoms with Gasteiger partial charge in [0.05, 0.1) is 6.61 Å². The van der Waals surface area contributed by atoms with Crippen molar-refractivity contribution in [1.29, 1.82) is 0 Å². The van der Waals surface area contributed by atoms with Crippen molar-refractivity contribution in [3.8, 4) is 0 Å². The van der Waals surface area contributed by atoms with E-state index in [1.165, 1.54) is 167 Å². The molecule has 1 atom stereocenters. The molecule has 5 nitrogen and oxygen atoms in total. The summed E-state index contributed by atoms with van der Waals surface area (Å²) in [6.07, 6.45) is 78.3. The van der Waals surface area contributed by atoms with E-state index in [4.69, 9.17) is 9.47 Å². The Hall–Kier alpha value is -2.92. The highest BCUT2D eigenvalue weighted by molar-refractivity contribution is 5.70. The van der Waals surface area contributed by atoms with E-state index in [1.807, 2.05) is 0 Å². The van der Waals surface area contributed by atoms with Crippen molar-refractivity contribution in [2.45, 2.75) is 277 Å². The van der Waals surface area contributed by atoms with Gasteiger partial charge in [-0.2, -0.15) is 0 Å². The van der Waals surface area contributed by atoms with Crippen molar-refractivity contribution >= 4 is 11.9 Å². The van der Waals surface area contributed by atoms with Crippen molar-refractivity contribution in [3.63, 3.8) is 0 Å². The van der Waals surface area contributed by atoms with Crippen LogP contribution in [0.25, 0.3) is 0 Å². The van der Waals surface area contributed by atoms with Gasteiger partial charge in [0.25, 0.3) is 0 Å². The summed E-state index contributed by atoms with van der Waals surface area (Å²) in [5, 5.41) is 9.65. The molecule has 0 saturated carbocycles. The highest BCUT2D eigenvalue weighted by atomic mass is 16.6. The Morgan fingerprint density at radius 3 is 1.00 bits per heavy atom. The Kier molecular flexibility index (Phi) is 53.9. The van der Waals surface area contributed by atoms with Crippen LogP contribution < -0.4 is 0 Å². The Morgan fingerprint density at radius 1 is 0.364 bits per heavy atom. The van der Waals surface area contributed by atoms with Crippen LogP contribution in [0.3, 0.4) is 0 Å². The number of ether oxygens (including phenoxy) is 2. The first kappa shape index (κ1) is 63.1. The molecule has 0 heterocycles. The van der Waals surface area contributed by atoms with Crippen LogP contribution in [0.15, 0.2) is 85.1 Å². The largest absolute Gasteiger partial charge is 0.462 e. The van der Waals surface area contributed by atoms with Crippen LogP contribution in [-0.4, -0.2) is 36.4 Å². The molecule has 0 radical (unpaired) electrons. The van der Waals surface area contributed by atoms with Crippen molar-refractivity contribution < 1.29 is 24.2 Å². The lowest BCUT2D eigenvalue weighted by molar-refractivity contribution is -0.161. The van der Waals surface area contributed by atoms with E-state index in [1.54, 1.807) is 0 Å². The predicted octanol–water partition coefficient (Wildman–Crippen LogP) is 19.0. The third kappa shape index (κ3) is 53.7. The van der Waals surface area contributed by atoms with Gasteiger partial charge in [-0.05, 0) is 89.9 Å². The molecule has 1 N–H and O–H groups in total. The van der Waals surface area contributed by atoms with Gasteiger partial charge in [-0.1, -0.05) is 253 Å². The predicted molar refractivity (Wildman–Crippen MR) is 288 cm³/mol. The van der Waals surface area contributed by atoms with Crippen LogP contribution in [0.4, 0.5) is 0 Å². The second-order valence-electron chi connectivity index (χ2n) is 18.6. The summed E-state index contributed by atoms with van der Waals surface area (Å²) in [5.41, 5.74) is 0. The normalized spacial score (nSPS) is 12.8. The Bertz CT molecular complexity index is 1220. The Labute approximate surface area is 409 Å². The molecule has 0 spiro atoms. The number of esters is 2. The fourth-order valence-electron chi connectivity index (χ4n) is 7.97.